The zero-order chi connectivity index (χ0) is 25.1. The van der Waals surface area contributed by atoms with Crippen molar-refractivity contribution in [3.8, 4) is 17.9 Å². The monoisotopic (exact) mass is 479 g/mol. The van der Waals surface area contributed by atoms with Gasteiger partial charge in [-0.25, -0.2) is 9.78 Å². The van der Waals surface area contributed by atoms with Gasteiger partial charge in [0.05, 0.1) is 12.1 Å². The Labute approximate surface area is 200 Å². The zero-order valence-corrected chi connectivity index (χ0v) is 19.3. The van der Waals surface area contributed by atoms with Gasteiger partial charge in [0.25, 0.3) is 0 Å². The molecule has 4 heterocycles. The van der Waals surface area contributed by atoms with Crippen LogP contribution < -0.4 is 37.6 Å². The maximum atomic E-state index is 13.4. The largest absolute Gasteiger partial charge is 0.368 e. The van der Waals surface area contributed by atoms with E-state index in [1.54, 1.807) is 11.8 Å². The van der Waals surface area contributed by atoms with Gasteiger partial charge >= 0.3 is 17.2 Å². The summed E-state index contributed by atoms with van der Waals surface area (Å²) in [6.07, 6.45) is 2.71. The van der Waals surface area contributed by atoms with E-state index in [9.17, 15) is 19.6 Å². The summed E-state index contributed by atoms with van der Waals surface area (Å²) < 4.78 is 1.67. The molecular formula is C22H25N9O4. The first-order valence-corrected chi connectivity index (χ1v) is 11.0. The van der Waals surface area contributed by atoms with E-state index in [0.29, 0.717) is 17.1 Å². The molecule has 13 heteroatoms. The van der Waals surface area contributed by atoms with Gasteiger partial charge in [0.2, 0.25) is 0 Å². The van der Waals surface area contributed by atoms with Crippen molar-refractivity contribution < 1.29 is 9.73 Å². The summed E-state index contributed by atoms with van der Waals surface area (Å²) in [4.78, 5) is 51.7. The number of hydroxylamine groups is 1. The molecule has 0 bridgehead atoms. The minimum Gasteiger partial charge on any atom is -0.337 e. The van der Waals surface area contributed by atoms with Crippen LogP contribution in [0, 0.1) is 23.2 Å². The van der Waals surface area contributed by atoms with Gasteiger partial charge in [-0.1, -0.05) is 10.7 Å². The molecule has 182 valence electrons. The predicted molar refractivity (Wildman–Crippen MR) is 126 cm³/mol. The summed E-state index contributed by atoms with van der Waals surface area (Å²) in [7, 11) is 1.48. The molecular weight excluding hydrogens is 454 g/mol. The van der Waals surface area contributed by atoms with Gasteiger partial charge in [0, 0.05) is 32.4 Å². The molecule has 0 aliphatic carbocycles. The van der Waals surface area contributed by atoms with Gasteiger partial charge in [-0.15, -0.1) is 5.92 Å². The Kier molecular flexibility index (Phi) is 6.73. The van der Waals surface area contributed by atoms with Gasteiger partial charge in [-0.2, -0.15) is 10.7 Å². The summed E-state index contributed by atoms with van der Waals surface area (Å²) in [6.45, 7) is 3.28. The minimum absolute atomic E-state index is 0.00251. The molecule has 2 atom stereocenters. The van der Waals surface area contributed by atoms with Crippen molar-refractivity contribution in [1.29, 1.82) is 5.26 Å². The Morgan fingerprint density at radius 3 is 2.94 bits per heavy atom. The molecule has 13 nitrogen and oxygen atoms in total. The van der Waals surface area contributed by atoms with Crippen molar-refractivity contribution in [1.82, 2.24) is 24.7 Å². The number of pyridine rings is 1. The fraction of sp³-hybridized carbons (Fsp3) is 0.409. The summed E-state index contributed by atoms with van der Waals surface area (Å²) in [6, 6.07) is 4.76. The maximum absolute atomic E-state index is 13.4. The van der Waals surface area contributed by atoms with Crippen LogP contribution in [-0.2, 0) is 7.05 Å². The normalized spacial score (nSPS) is 19.1. The number of rotatable bonds is 5. The SMILES string of the molecule is CC#CCN1c2c(n(C)c(=O)n(ONC(=O)c3ncccc3C#N)c2=O)NC1N1CCCC(N)C1. The van der Waals surface area contributed by atoms with E-state index < -0.39 is 23.4 Å². The average Bonchev–Trinajstić information content (AvgIpc) is 3.25. The Morgan fingerprint density at radius 2 is 2.23 bits per heavy atom. The van der Waals surface area contributed by atoms with Crippen LogP contribution in [0.3, 0.4) is 0 Å². The van der Waals surface area contributed by atoms with Gasteiger partial charge in [-0.05, 0) is 31.9 Å². The Morgan fingerprint density at radius 1 is 1.43 bits per heavy atom. The Bertz CT molecular complexity index is 1360. The van der Waals surface area contributed by atoms with Gasteiger partial charge in [0.15, 0.2) is 12.0 Å². The van der Waals surface area contributed by atoms with E-state index in [-0.39, 0.29) is 29.5 Å². The third kappa shape index (κ3) is 4.42. The summed E-state index contributed by atoms with van der Waals surface area (Å²) >= 11 is 0. The fourth-order valence-electron chi connectivity index (χ4n) is 4.19. The number of hydrogen-bond acceptors (Lipinski definition) is 10. The lowest BCUT2D eigenvalue weighted by Gasteiger charge is -2.39. The summed E-state index contributed by atoms with van der Waals surface area (Å²) in [5.41, 5.74) is 6.58. The number of anilines is 2. The van der Waals surface area contributed by atoms with Crippen LogP contribution in [0.1, 0.15) is 35.8 Å². The summed E-state index contributed by atoms with van der Waals surface area (Å²) in [5.74, 6) is 5.22. The first-order valence-electron chi connectivity index (χ1n) is 11.0. The molecule has 2 aromatic heterocycles. The highest BCUT2D eigenvalue weighted by molar-refractivity contribution is 5.93. The molecule has 0 radical (unpaired) electrons. The van der Waals surface area contributed by atoms with Gasteiger partial charge < -0.3 is 16.0 Å². The van der Waals surface area contributed by atoms with Crippen molar-refractivity contribution in [2.75, 3.05) is 29.9 Å². The Balaban J connectivity index is 1.68. The molecule has 1 amide bonds. The van der Waals surface area contributed by atoms with Crippen LogP contribution in [0.5, 0.6) is 0 Å². The molecule has 0 aromatic carbocycles. The molecule has 0 spiro atoms. The number of fused-ring (bicyclic) bond motifs is 1. The lowest BCUT2D eigenvalue weighted by Crippen LogP contribution is -2.56. The molecule has 4 N–H and O–H groups in total. The highest BCUT2D eigenvalue weighted by Crippen LogP contribution is 2.32. The molecule has 2 aliphatic rings. The van der Waals surface area contributed by atoms with Crippen molar-refractivity contribution in [3.63, 3.8) is 0 Å². The second kappa shape index (κ2) is 9.89. The second-order valence-corrected chi connectivity index (χ2v) is 8.14. The number of amides is 1. The number of nitrogens with two attached hydrogens (primary N) is 1. The van der Waals surface area contributed by atoms with Crippen LogP contribution in [0.25, 0.3) is 0 Å². The number of nitrogens with one attached hydrogen (secondary N) is 2. The lowest BCUT2D eigenvalue weighted by atomic mass is 10.1. The van der Waals surface area contributed by atoms with Crippen molar-refractivity contribution in [2.45, 2.75) is 32.1 Å². The van der Waals surface area contributed by atoms with E-state index in [2.05, 4.69) is 27.0 Å². The van der Waals surface area contributed by atoms with E-state index in [1.165, 1.54) is 29.9 Å². The van der Waals surface area contributed by atoms with Crippen LogP contribution in [0.2, 0.25) is 0 Å². The number of carbonyl (C=O) groups is 1. The number of carbonyl (C=O) groups excluding carboxylic acids is 1. The molecule has 2 aliphatic heterocycles. The zero-order valence-electron chi connectivity index (χ0n) is 19.3. The molecule has 1 saturated heterocycles. The third-order valence-electron chi connectivity index (χ3n) is 5.89. The highest BCUT2D eigenvalue weighted by Gasteiger charge is 2.39. The van der Waals surface area contributed by atoms with E-state index in [4.69, 9.17) is 10.7 Å². The topological polar surface area (TPSA) is 164 Å². The van der Waals surface area contributed by atoms with Crippen LogP contribution in [0.15, 0.2) is 27.9 Å². The van der Waals surface area contributed by atoms with Crippen LogP contribution in [0.4, 0.5) is 11.5 Å². The quantitative estimate of drug-likeness (QED) is 0.341. The predicted octanol–water partition coefficient (Wildman–Crippen LogP) is -1.45. The smallest absolute Gasteiger partial charge is 0.337 e. The summed E-state index contributed by atoms with van der Waals surface area (Å²) in [5, 5.41) is 12.4. The Hall–Kier alpha value is -4.33. The van der Waals surface area contributed by atoms with Gasteiger partial charge in [0.1, 0.15) is 17.6 Å². The molecule has 4 rings (SSSR count). The lowest BCUT2D eigenvalue weighted by molar-refractivity contribution is 0.0104. The van der Waals surface area contributed by atoms with Crippen LogP contribution in [-0.4, -0.2) is 57.1 Å². The van der Waals surface area contributed by atoms with E-state index in [1.807, 2.05) is 11.5 Å². The maximum Gasteiger partial charge on any atom is 0.368 e. The first-order chi connectivity index (χ1) is 16.9. The number of likely N-dealkylation sites (tertiary alicyclic amines) is 1. The number of aromatic nitrogens is 3. The van der Waals surface area contributed by atoms with Crippen molar-refractivity contribution in [2.24, 2.45) is 12.8 Å². The highest BCUT2D eigenvalue weighted by atomic mass is 16.8. The standard InChI is InChI=1S/C22H25N9O4/c1-3-4-11-30-17-18(26-21(30)29-10-6-8-15(24)13-29)28(2)22(34)31(20(17)33)35-27-19(32)16-14(12-23)7-5-9-25-16/h5,7,9,15,21,26H,6,8,10-11,13,24H2,1-2H3,(H,27,32). The second-order valence-electron chi connectivity index (χ2n) is 8.14. The van der Waals surface area contributed by atoms with E-state index in [0.717, 1.165) is 19.4 Å². The first kappa shape index (κ1) is 23.8. The van der Waals surface area contributed by atoms with E-state index >= 15 is 0 Å². The van der Waals surface area contributed by atoms with Gasteiger partial charge in [-0.3, -0.25) is 24.0 Å². The average molecular weight is 480 g/mol. The number of nitriles is 1. The number of piperidine rings is 1. The van der Waals surface area contributed by atoms with Crippen molar-refractivity contribution in [3.05, 3.63) is 50.4 Å². The minimum atomic E-state index is -0.886. The molecule has 2 aromatic rings. The molecule has 1 fully saturated rings. The fourth-order valence-corrected chi connectivity index (χ4v) is 4.19. The number of nitrogens with zero attached hydrogens (tertiary/aromatic N) is 6. The molecule has 35 heavy (non-hydrogen) atoms. The number of hydrogen-bond donors (Lipinski definition) is 3. The van der Waals surface area contributed by atoms with Crippen LogP contribution >= 0.6 is 0 Å². The molecule has 0 saturated carbocycles. The molecule has 2 unspecified atom stereocenters. The third-order valence-corrected chi connectivity index (χ3v) is 5.89. The van der Waals surface area contributed by atoms with Crippen molar-refractivity contribution >= 4 is 17.4 Å².